The molecular formula is C15H33NO. The van der Waals surface area contributed by atoms with Gasteiger partial charge in [-0.3, -0.25) is 0 Å². The van der Waals surface area contributed by atoms with Crippen LogP contribution >= 0.6 is 0 Å². The van der Waals surface area contributed by atoms with E-state index in [-0.39, 0.29) is 0 Å². The van der Waals surface area contributed by atoms with Gasteiger partial charge in [-0.15, -0.1) is 0 Å². The number of hydrogen-bond donors (Lipinski definition) is 0. The van der Waals surface area contributed by atoms with Gasteiger partial charge in [0, 0.05) is 13.2 Å². The first kappa shape index (κ1) is 16.9. The average molecular weight is 243 g/mol. The first-order valence-electron chi connectivity index (χ1n) is 7.56. The van der Waals surface area contributed by atoms with Crippen molar-refractivity contribution in [2.75, 3.05) is 26.2 Å². The number of hydrogen-bond acceptors (Lipinski definition) is 2. The van der Waals surface area contributed by atoms with E-state index in [1.165, 1.54) is 45.3 Å². The van der Waals surface area contributed by atoms with Crippen molar-refractivity contribution in [2.45, 2.75) is 66.4 Å². The molecule has 1 rings (SSSR count). The van der Waals surface area contributed by atoms with Crippen molar-refractivity contribution >= 4 is 0 Å². The molecule has 0 bridgehead atoms. The summed E-state index contributed by atoms with van der Waals surface area (Å²) in [5.74, 6) is 0.994. The minimum absolute atomic E-state index is 0.385. The van der Waals surface area contributed by atoms with E-state index >= 15 is 0 Å². The Morgan fingerprint density at radius 3 is 2.24 bits per heavy atom. The van der Waals surface area contributed by atoms with Gasteiger partial charge < -0.3 is 9.64 Å². The molecule has 2 heteroatoms. The minimum atomic E-state index is 0.385. The Balaban J connectivity index is 0.00000121. The van der Waals surface area contributed by atoms with Crippen molar-refractivity contribution in [2.24, 2.45) is 5.92 Å². The highest BCUT2D eigenvalue weighted by molar-refractivity contribution is 4.71. The fourth-order valence-electron chi connectivity index (χ4n) is 2.23. The van der Waals surface area contributed by atoms with E-state index in [9.17, 15) is 0 Å². The van der Waals surface area contributed by atoms with Gasteiger partial charge in [-0.05, 0) is 52.1 Å². The van der Waals surface area contributed by atoms with Gasteiger partial charge in [0.2, 0.25) is 0 Å². The Hall–Kier alpha value is -0.0800. The van der Waals surface area contributed by atoms with Crippen LogP contribution in [-0.4, -0.2) is 37.2 Å². The van der Waals surface area contributed by atoms with E-state index in [4.69, 9.17) is 4.74 Å². The van der Waals surface area contributed by atoms with Crippen LogP contribution in [0, 0.1) is 5.92 Å². The van der Waals surface area contributed by atoms with Crippen molar-refractivity contribution in [3.8, 4) is 0 Å². The summed E-state index contributed by atoms with van der Waals surface area (Å²) in [5, 5.41) is 0. The zero-order chi connectivity index (χ0) is 13.1. The van der Waals surface area contributed by atoms with Crippen LogP contribution in [0.3, 0.4) is 0 Å². The summed E-state index contributed by atoms with van der Waals surface area (Å²) in [6.45, 7) is 15.3. The zero-order valence-electron chi connectivity index (χ0n) is 12.7. The van der Waals surface area contributed by atoms with Crippen LogP contribution in [0.2, 0.25) is 0 Å². The van der Waals surface area contributed by atoms with Crippen molar-refractivity contribution in [3.63, 3.8) is 0 Å². The Morgan fingerprint density at radius 1 is 1.18 bits per heavy atom. The van der Waals surface area contributed by atoms with Crippen LogP contribution in [0.5, 0.6) is 0 Å². The van der Waals surface area contributed by atoms with Crippen molar-refractivity contribution in [1.29, 1.82) is 0 Å². The second kappa shape index (κ2) is 11.0. The van der Waals surface area contributed by atoms with E-state index in [2.05, 4.69) is 25.7 Å². The molecule has 0 amide bonds. The Labute approximate surface area is 109 Å². The summed E-state index contributed by atoms with van der Waals surface area (Å²) in [4.78, 5) is 2.59. The molecule has 1 aliphatic heterocycles. The highest BCUT2D eigenvalue weighted by Crippen LogP contribution is 2.19. The highest BCUT2D eigenvalue weighted by atomic mass is 16.5. The first-order chi connectivity index (χ1) is 8.22. The van der Waals surface area contributed by atoms with E-state index in [1.54, 1.807) is 0 Å². The van der Waals surface area contributed by atoms with Crippen LogP contribution in [0.1, 0.15) is 60.3 Å². The molecule has 0 aliphatic carbocycles. The lowest BCUT2D eigenvalue weighted by Crippen LogP contribution is -2.34. The third kappa shape index (κ3) is 8.62. The molecule has 0 radical (unpaired) electrons. The molecule has 0 N–H and O–H groups in total. The fraction of sp³-hybridized carbons (Fsp3) is 1.00. The van der Waals surface area contributed by atoms with Crippen LogP contribution in [0.15, 0.2) is 0 Å². The van der Waals surface area contributed by atoms with Crippen molar-refractivity contribution in [1.82, 2.24) is 4.90 Å². The Kier molecular flexibility index (Phi) is 11.0. The zero-order valence-corrected chi connectivity index (χ0v) is 12.7. The van der Waals surface area contributed by atoms with Gasteiger partial charge in [-0.2, -0.15) is 0 Å². The number of ether oxygens (including phenoxy) is 1. The van der Waals surface area contributed by atoms with Gasteiger partial charge in [0.1, 0.15) is 0 Å². The third-order valence-corrected chi connectivity index (χ3v) is 3.35. The molecule has 17 heavy (non-hydrogen) atoms. The van der Waals surface area contributed by atoms with E-state index in [0.717, 1.165) is 12.5 Å². The normalized spacial score (nSPS) is 18.0. The van der Waals surface area contributed by atoms with E-state index in [1.807, 2.05) is 13.8 Å². The molecule has 1 heterocycles. The molecule has 2 nitrogen and oxygen atoms in total. The average Bonchev–Trinajstić information content (AvgIpc) is 2.37. The molecule has 0 aromatic heterocycles. The largest absolute Gasteiger partial charge is 0.379 e. The first-order valence-corrected chi connectivity index (χ1v) is 7.56. The Morgan fingerprint density at radius 2 is 1.76 bits per heavy atom. The van der Waals surface area contributed by atoms with Gasteiger partial charge in [-0.1, -0.05) is 27.2 Å². The van der Waals surface area contributed by atoms with Crippen LogP contribution in [0.4, 0.5) is 0 Å². The summed E-state index contributed by atoms with van der Waals surface area (Å²) < 4.78 is 5.55. The van der Waals surface area contributed by atoms with Crippen LogP contribution < -0.4 is 0 Å². The van der Waals surface area contributed by atoms with Crippen molar-refractivity contribution < 1.29 is 4.74 Å². The maximum atomic E-state index is 5.55. The lowest BCUT2D eigenvalue weighted by Gasteiger charge is -2.31. The summed E-state index contributed by atoms with van der Waals surface area (Å²) in [6.07, 6.45) is 5.75. The molecule has 1 fully saturated rings. The SMILES string of the molecule is CC.CCC1CCN(CCCOC(C)C)CC1. The predicted molar refractivity (Wildman–Crippen MR) is 76.5 cm³/mol. The maximum Gasteiger partial charge on any atom is 0.0518 e. The molecule has 1 aliphatic rings. The molecule has 0 aromatic carbocycles. The van der Waals surface area contributed by atoms with E-state index < -0.39 is 0 Å². The molecule has 0 unspecified atom stereocenters. The second-order valence-electron chi connectivity index (χ2n) is 4.97. The van der Waals surface area contributed by atoms with Gasteiger partial charge in [0.05, 0.1) is 6.10 Å². The lowest BCUT2D eigenvalue weighted by atomic mass is 9.94. The summed E-state index contributed by atoms with van der Waals surface area (Å²) in [6, 6.07) is 0. The highest BCUT2D eigenvalue weighted by Gasteiger charge is 2.16. The fourth-order valence-corrected chi connectivity index (χ4v) is 2.23. The summed E-state index contributed by atoms with van der Waals surface area (Å²) in [7, 11) is 0. The molecule has 0 saturated carbocycles. The predicted octanol–water partition coefficient (Wildman–Crippen LogP) is 3.95. The van der Waals surface area contributed by atoms with E-state index in [0.29, 0.717) is 6.10 Å². The maximum absolute atomic E-state index is 5.55. The minimum Gasteiger partial charge on any atom is -0.379 e. The molecule has 0 spiro atoms. The summed E-state index contributed by atoms with van der Waals surface area (Å²) in [5.41, 5.74) is 0. The third-order valence-electron chi connectivity index (χ3n) is 3.35. The smallest absolute Gasteiger partial charge is 0.0518 e. The Bertz CT molecular complexity index is 151. The topological polar surface area (TPSA) is 12.5 Å². The number of piperidine rings is 1. The monoisotopic (exact) mass is 243 g/mol. The quantitative estimate of drug-likeness (QED) is 0.655. The molecule has 0 atom stereocenters. The van der Waals surface area contributed by atoms with Crippen LogP contribution in [-0.2, 0) is 4.74 Å². The second-order valence-corrected chi connectivity index (χ2v) is 4.97. The molecule has 104 valence electrons. The van der Waals surface area contributed by atoms with Gasteiger partial charge in [0.15, 0.2) is 0 Å². The van der Waals surface area contributed by atoms with Gasteiger partial charge in [0.25, 0.3) is 0 Å². The molecule has 1 saturated heterocycles. The number of nitrogens with zero attached hydrogens (tertiary/aromatic N) is 1. The number of likely N-dealkylation sites (tertiary alicyclic amines) is 1. The van der Waals surface area contributed by atoms with Crippen LogP contribution in [0.25, 0.3) is 0 Å². The molecule has 0 aromatic rings. The lowest BCUT2D eigenvalue weighted by molar-refractivity contribution is 0.0671. The molecular weight excluding hydrogens is 210 g/mol. The van der Waals surface area contributed by atoms with Gasteiger partial charge >= 0.3 is 0 Å². The number of rotatable bonds is 6. The van der Waals surface area contributed by atoms with Gasteiger partial charge in [-0.25, -0.2) is 0 Å². The summed E-state index contributed by atoms with van der Waals surface area (Å²) >= 11 is 0. The standard InChI is InChI=1S/C13H27NO.C2H6/c1-4-13-6-9-14(10-7-13)8-5-11-15-12(2)3;1-2/h12-13H,4-11H2,1-3H3;1-2H3. The van der Waals surface area contributed by atoms with Crippen molar-refractivity contribution in [3.05, 3.63) is 0 Å².